The zero-order valence-electron chi connectivity index (χ0n) is 13.6. The quantitative estimate of drug-likeness (QED) is 0.842. The highest BCUT2D eigenvalue weighted by Gasteiger charge is 2.37. The Hall–Kier alpha value is -1.84. The van der Waals surface area contributed by atoms with Gasteiger partial charge in [-0.15, -0.1) is 0 Å². The second-order valence-corrected chi connectivity index (χ2v) is 7.10. The SMILES string of the molecule is O=C(C1CC(=O)N(c2ccc3c(c2)CCC3)C1)N1CCCCC1. The third-order valence-electron chi connectivity index (χ3n) is 5.54. The normalized spacial score (nSPS) is 24.2. The molecule has 0 radical (unpaired) electrons. The highest BCUT2D eigenvalue weighted by Crippen LogP contribution is 2.31. The van der Waals surface area contributed by atoms with Gasteiger partial charge < -0.3 is 9.80 Å². The molecule has 0 N–H and O–H groups in total. The number of hydrogen-bond donors (Lipinski definition) is 0. The summed E-state index contributed by atoms with van der Waals surface area (Å²) in [5.41, 5.74) is 3.77. The summed E-state index contributed by atoms with van der Waals surface area (Å²) < 4.78 is 0. The van der Waals surface area contributed by atoms with Gasteiger partial charge in [0, 0.05) is 31.7 Å². The molecular weight excluding hydrogens is 288 g/mol. The topological polar surface area (TPSA) is 40.6 Å². The summed E-state index contributed by atoms with van der Waals surface area (Å²) in [6, 6.07) is 6.37. The van der Waals surface area contributed by atoms with Gasteiger partial charge in [-0.2, -0.15) is 0 Å². The average Bonchev–Trinajstić information content (AvgIpc) is 3.20. The first-order chi connectivity index (χ1) is 11.2. The van der Waals surface area contributed by atoms with Gasteiger partial charge in [0.15, 0.2) is 0 Å². The molecule has 4 rings (SSSR count). The fourth-order valence-corrected chi connectivity index (χ4v) is 4.22. The summed E-state index contributed by atoms with van der Waals surface area (Å²) in [5, 5.41) is 0. The lowest BCUT2D eigenvalue weighted by molar-refractivity contribution is -0.136. The van der Waals surface area contributed by atoms with E-state index >= 15 is 0 Å². The largest absolute Gasteiger partial charge is 0.342 e. The van der Waals surface area contributed by atoms with E-state index in [1.807, 2.05) is 9.80 Å². The summed E-state index contributed by atoms with van der Waals surface area (Å²) in [5.74, 6) is 0.119. The van der Waals surface area contributed by atoms with E-state index in [0.29, 0.717) is 13.0 Å². The number of nitrogens with zero attached hydrogens (tertiary/aromatic N) is 2. The minimum absolute atomic E-state index is 0.0957. The first-order valence-corrected chi connectivity index (χ1v) is 8.93. The summed E-state index contributed by atoms with van der Waals surface area (Å²) in [6.45, 7) is 2.28. The van der Waals surface area contributed by atoms with Crippen LogP contribution in [0, 0.1) is 5.92 Å². The van der Waals surface area contributed by atoms with E-state index in [1.165, 1.54) is 24.0 Å². The second-order valence-electron chi connectivity index (χ2n) is 7.10. The number of piperidine rings is 1. The monoisotopic (exact) mass is 312 g/mol. The fourth-order valence-electron chi connectivity index (χ4n) is 4.22. The van der Waals surface area contributed by atoms with Crippen molar-refractivity contribution in [2.75, 3.05) is 24.5 Å². The third kappa shape index (κ3) is 2.75. The molecule has 4 heteroatoms. The Bertz CT molecular complexity index is 634. The van der Waals surface area contributed by atoms with E-state index in [9.17, 15) is 9.59 Å². The lowest BCUT2D eigenvalue weighted by atomic mass is 10.0. The van der Waals surface area contributed by atoms with Gasteiger partial charge in [-0.25, -0.2) is 0 Å². The number of benzene rings is 1. The molecule has 1 unspecified atom stereocenters. The second kappa shape index (κ2) is 5.99. The minimum atomic E-state index is -0.158. The van der Waals surface area contributed by atoms with Crippen LogP contribution < -0.4 is 4.90 Å². The van der Waals surface area contributed by atoms with Crippen LogP contribution in [0.4, 0.5) is 5.69 Å². The van der Waals surface area contributed by atoms with E-state index in [4.69, 9.17) is 0 Å². The molecule has 0 spiro atoms. The van der Waals surface area contributed by atoms with Gasteiger partial charge in [-0.1, -0.05) is 6.07 Å². The van der Waals surface area contributed by atoms with E-state index in [0.717, 1.165) is 44.5 Å². The molecule has 1 aromatic carbocycles. The van der Waals surface area contributed by atoms with Gasteiger partial charge >= 0.3 is 0 Å². The fraction of sp³-hybridized carbons (Fsp3) is 0.579. The molecule has 122 valence electrons. The van der Waals surface area contributed by atoms with E-state index in [-0.39, 0.29) is 17.7 Å². The number of carbonyl (C=O) groups excluding carboxylic acids is 2. The van der Waals surface area contributed by atoms with Crippen LogP contribution in [0.2, 0.25) is 0 Å². The number of likely N-dealkylation sites (tertiary alicyclic amines) is 1. The molecule has 0 saturated carbocycles. The molecule has 2 heterocycles. The van der Waals surface area contributed by atoms with Crippen LogP contribution in [0.25, 0.3) is 0 Å². The standard InChI is InChI=1S/C19H24N2O2/c22-18-12-16(19(23)20-9-2-1-3-10-20)13-21(18)17-8-7-14-5-4-6-15(14)11-17/h7-8,11,16H,1-6,9-10,12-13H2. The molecule has 1 aromatic rings. The Morgan fingerprint density at radius 3 is 2.61 bits per heavy atom. The Morgan fingerprint density at radius 2 is 1.78 bits per heavy atom. The zero-order valence-corrected chi connectivity index (χ0v) is 13.6. The minimum Gasteiger partial charge on any atom is -0.342 e. The van der Waals surface area contributed by atoms with Crippen molar-refractivity contribution in [3.63, 3.8) is 0 Å². The first-order valence-electron chi connectivity index (χ1n) is 8.93. The number of amides is 2. The number of rotatable bonds is 2. The molecule has 3 aliphatic rings. The number of aryl methyl sites for hydroxylation is 2. The molecular formula is C19H24N2O2. The van der Waals surface area contributed by atoms with Crippen LogP contribution >= 0.6 is 0 Å². The van der Waals surface area contributed by atoms with Crippen molar-refractivity contribution in [1.29, 1.82) is 0 Å². The number of hydrogen-bond acceptors (Lipinski definition) is 2. The van der Waals surface area contributed by atoms with Crippen molar-refractivity contribution >= 4 is 17.5 Å². The molecule has 0 aromatic heterocycles. The van der Waals surface area contributed by atoms with E-state index in [2.05, 4.69) is 18.2 Å². The van der Waals surface area contributed by atoms with Crippen LogP contribution in [0.1, 0.15) is 43.2 Å². The van der Waals surface area contributed by atoms with E-state index < -0.39 is 0 Å². The Kier molecular flexibility index (Phi) is 3.83. The van der Waals surface area contributed by atoms with Crippen LogP contribution in [0.15, 0.2) is 18.2 Å². The van der Waals surface area contributed by atoms with Crippen molar-refractivity contribution in [3.05, 3.63) is 29.3 Å². The highest BCUT2D eigenvalue weighted by atomic mass is 16.2. The number of carbonyl (C=O) groups is 2. The molecule has 1 atom stereocenters. The van der Waals surface area contributed by atoms with Crippen LogP contribution in [0.5, 0.6) is 0 Å². The molecule has 2 fully saturated rings. The Balaban J connectivity index is 1.48. The van der Waals surface area contributed by atoms with Gasteiger partial charge in [0.1, 0.15) is 0 Å². The predicted octanol–water partition coefficient (Wildman–Crippen LogP) is 2.54. The van der Waals surface area contributed by atoms with Crippen molar-refractivity contribution in [2.45, 2.75) is 44.9 Å². The first kappa shape index (κ1) is 14.7. The highest BCUT2D eigenvalue weighted by molar-refractivity contribution is 6.00. The van der Waals surface area contributed by atoms with Gasteiger partial charge in [-0.05, 0) is 61.8 Å². The van der Waals surface area contributed by atoms with Crippen LogP contribution in [-0.2, 0) is 22.4 Å². The zero-order chi connectivity index (χ0) is 15.8. The molecule has 0 bridgehead atoms. The van der Waals surface area contributed by atoms with Crippen LogP contribution in [-0.4, -0.2) is 36.3 Å². The van der Waals surface area contributed by atoms with Crippen molar-refractivity contribution in [2.24, 2.45) is 5.92 Å². The molecule has 2 aliphatic heterocycles. The Labute approximate surface area is 137 Å². The van der Waals surface area contributed by atoms with Crippen LogP contribution in [0.3, 0.4) is 0 Å². The predicted molar refractivity (Wildman–Crippen MR) is 89.4 cm³/mol. The smallest absolute Gasteiger partial charge is 0.228 e. The maximum atomic E-state index is 12.7. The third-order valence-corrected chi connectivity index (χ3v) is 5.54. The number of fused-ring (bicyclic) bond motifs is 1. The Morgan fingerprint density at radius 1 is 1.00 bits per heavy atom. The van der Waals surface area contributed by atoms with Crippen molar-refractivity contribution in [3.8, 4) is 0 Å². The van der Waals surface area contributed by atoms with Gasteiger partial charge in [0.25, 0.3) is 0 Å². The lowest BCUT2D eigenvalue weighted by Gasteiger charge is -2.29. The molecule has 4 nitrogen and oxygen atoms in total. The molecule has 23 heavy (non-hydrogen) atoms. The van der Waals surface area contributed by atoms with Gasteiger partial charge in [0.05, 0.1) is 5.92 Å². The maximum Gasteiger partial charge on any atom is 0.228 e. The summed E-state index contributed by atoms with van der Waals surface area (Å²) in [4.78, 5) is 28.9. The average molecular weight is 312 g/mol. The van der Waals surface area contributed by atoms with Crippen molar-refractivity contribution in [1.82, 2.24) is 4.90 Å². The van der Waals surface area contributed by atoms with Gasteiger partial charge in [-0.3, -0.25) is 9.59 Å². The maximum absolute atomic E-state index is 12.7. The lowest BCUT2D eigenvalue weighted by Crippen LogP contribution is -2.40. The van der Waals surface area contributed by atoms with E-state index in [1.54, 1.807) is 0 Å². The number of anilines is 1. The summed E-state index contributed by atoms with van der Waals surface area (Å²) in [7, 11) is 0. The molecule has 2 amide bonds. The molecule has 1 aliphatic carbocycles. The van der Waals surface area contributed by atoms with Gasteiger partial charge in [0.2, 0.25) is 11.8 Å². The molecule has 2 saturated heterocycles. The summed E-state index contributed by atoms with van der Waals surface area (Å²) in [6.07, 6.45) is 7.26. The summed E-state index contributed by atoms with van der Waals surface area (Å²) >= 11 is 0. The van der Waals surface area contributed by atoms with Crippen molar-refractivity contribution < 1.29 is 9.59 Å².